The fraction of sp³-hybridized carbons (Fsp3) is 0.0625. The number of rotatable bonds is 3. The zero-order chi connectivity index (χ0) is 16.4. The highest BCUT2D eigenvalue weighted by atomic mass is 35.5. The lowest BCUT2D eigenvalue weighted by molar-refractivity contribution is 0.605. The van der Waals surface area contributed by atoms with Gasteiger partial charge >= 0.3 is 0 Å². The van der Waals surface area contributed by atoms with Gasteiger partial charge in [0.25, 0.3) is 0 Å². The third kappa shape index (κ3) is 3.33. The van der Waals surface area contributed by atoms with E-state index < -0.39 is 0 Å². The number of nitrogens with two attached hydrogens (primary N) is 1. The molecule has 3 N–H and O–H groups in total. The molecule has 1 aromatic heterocycles. The summed E-state index contributed by atoms with van der Waals surface area (Å²) in [5, 5.41) is 3.21. The predicted molar refractivity (Wildman–Crippen MR) is 98.2 cm³/mol. The average Bonchev–Trinajstić information content (AvgIpc) is 2.55. The van der Waals surface area contributed by atoms with E-state index in [4.69, 9.17) is 29.6 Å². The summed E-state index contributed by atoms with van der Waals surface area (Å²) >= 11 is 11.1. The highest BCUT2D eigenvalue weighted by Crippen LogP contribution is 2.29. The molecule has 0 aliphatic rings. The summed E-state index contributed by atoms with van der Waals surface area (Å²) < 4.78 is 0. The first kappa shape index (κ1) is 15.5. The van der Waals surface area contributed by atoms with Gasteiger partial charge in [-0.05, 0) is 30.4 Å². The summed E-state index contributed by atoms with van der Waals surface area (Å²) in [5.41, 5.74) is 11.1. The van der Waals surface area contributed by atoms with Crippen LogP contribution in [0.1, 0.15) is 0 Å². The topological polar surface area (TPSA) is 67.1 Å². The van der Waals surface area contributed by atoms with E-state index in [0.29, 0.717) is 11.0 Å². The van der Waals surface area contributed by atoms with E-state index in [1.54, 1.807) is 13.1 Å². The number of aromatic nitrogens is 2. The number of hydrogen-bond donors (Lipinski definition) is 2. The summed E-state index contributed by atoms with van der Waals surface area (Å²) in [4.78, 5) is 9.08. The number of nitrogens with zero attached hydrogens (tertiary/aromatic N) is 3. The van der Waals surface area contributed by atoms with E-state index in [0.717, 1.165) is 22.2 Å². The van der Waals surface area contributed by atoms with Crippen molar-refractivity contribution in [1.29, 1.82) is 0 Å². The normalized spacial score (nSPS) is 10.5. The molecule has 0 aliphatic heterocycles. The fourth-order valence-electron chi connectivity index (χ4n) is 2.17. The van der Waals surface area contributed by atoms with Crippen molar-refractivity contribution in [3.05, 3.63) is 53.6 Å². The summed E-state index contributed by atoms with van der Waals surface area (Å²) in [7, 11) is 1.71. The van der Waals surface area contributed by atoms with Gasteiger partial charge in [-0.3, -0.25) is 10.4 Å². The third-order valence-electron chi connectivity index (χ3n) is 3.30. The molecular weight excluding hydrogens is 330 g/mol. The molecule has 3 aromatic rings. The fourth-order valence-corrected chi connectivity index (χ4v) is 2.39. The SMILES string of the molecule is CN(Nc1nc(-c2ccccc2)c2cc(Cl)ccc2n1)C(N)=S. The molecule has 0 spiro atoms. The van der Waals surface area contributed by atoms with E-state index in [1.165, 1.54) is 5.01 Å². The first-order valence-corrected chi connectivity index (χ1v) is 7.66. The number of hydrazine groups is 1. The van der Waals surface area contributed by atoms with Gasteiger partial charge in [0, 0.05) is 23.0 Å². The molecule has 1 heterocycles. The average molecular weight is 344 g/mol. The monoisotopic (exact) mass is 343 g/mol. The third-order valence-corrected chi connectivity index (χ3v) is 3.81. The van der Waals surface area contributed by atoms with E-state index in [-0.39, 0.29) is 5.11 Å². The molecule has 0 amide bonds. The second kappa shape index (κ2) is 6.36. The lowest BCUT2D eigenvalue weighted by Crippen LogP contribution is -2.37. The maximum Gasteiger partial charge on any atom is 0.243 e. The molecule has 0 saturated carbocycles. The maximum absolute atomic E-state index is 6.13. The van der Waals surface area contributed by atoms with Crippen molar-refractivity contribution in [1.82, 2.24) is 15.0 Å². The Balaban J connectivity index is 2.18. The molecule has 5 nitrogen and oxygen atoms in total. The molecule has 0 atom stereocenters. The summed E-state index contributed by atoms with van der Waals surface area (Å²) in [6.07, 6.45) is 0. The van der Waals surface area contributed by atoms with Gasteiger partial charge in [0.15, 0.2) is 5.11 Å². The Morgan fingerprint density at radius 2 is 1.91 bits per heavy atom. The number of thiocarbonyl (C=S) groups is 1. The second-order valence-electron chi connectivity index (χ2n) is 4.93. The van der Waals surface area contributed by atoms with Crippen LogP contribution in [0.5, 0.6) is 0 Å². The van der Waals surface area contributed by atoms with Crippen LogP contribution in [0, 0.1) is 0 Å². The number of halogens is 1. The first-order valence-electron chi connectivity index (χ1n) is 6.87. The van der Waals surface area contributed by atoms with Crippen molar-refractivity contribution in [2.75, 3.05) is 12.5 Å². The van der Waals surface area contributed by atoms with Gasteiger partial charge in [-0.2, -0.15) is 0 Å². The Morgan fingerprint density at radius 3 is 2.61 bits per heavy atom. The minimum Gasteiger partial charge on any atom is -0.375 e. The minimum absolute atomic E-state index is 0.200. The Hall–Kier alpha value is -2.44. The molecule has 0 bridgehead atoms. The molecule has 2 aromatic carbocycles. The Labute approximate surface area is 144 Å². The molecule has 3 rings (SSSR count). The Bertz CT molecular complexity index is 869. The van der Waals surface area contributed by atoms with Gasteiger partial charge < -0.3 is 5.73 Å². The Kier molecular flexibility index (Phi) is 4.27. The highest BCUT2D eigenvalue weighted by Gasteiger charge is 2.11. The number of nitrogens with one attached hydrogen (secondary N) is 1. The van der Waals surface area contributed by atoms with Crippen molar-refractivity contribution < 1.29 is 0 Å². The quantitative estimate of drug-likeness (QED) is 0.561. The number of anilines is 1. The van der Waals surface area contributed by atoms with Crippen LogP contribution in [0.3, 0.4) is 0 Å². The number of fused-ring (bicyclic) bond motifs is 1. The van der Waals surface area contributed by atoms with Crippen LogP contribution in [0.4, 0.5) is 5.95 Å². The number of hydrogen-bond acceptors (Lipinski definition) is 4. The molecule has 0 unspecified atom stereocenters. The summed E-state index contributed by atoms with van der Waals surface area (Å²) in [6, 6.07) is 15.4. The summed E-state index contributed by atoms with van der Waals surface area (Å²) in [6.45, 7) is 0. The molecule has 0 saturated heterocycles. The van der Waals surface area contributed by atoms with E-state index in [9.17, 15) is 0 Å². The van der Waals surface area contributed by atoms with Crippen molar-refractivity contribution >= 4 is 45.8 Å². The van der Waals surface area contributed by atoms with Crippen LogP contribution in [0.15, 0.2) is 48.5 Å². The van der Waals surface area contributed by atoms with Gasteiger partial charge in [-0.25, -0.2) is 9.97 Å². The number of benzene rings is 2. The maximum atomic E-state index is 6.13. The second-order valence-corrected chi connectivity index (χ2v) is 5.79. The summed E-state index contributed by atoms with van der Waals surface area (Å²) in [5.74, 6) is 0.411. The van der Waals surface area contributed by atoms with E-state index in [1.807, 2.05) is 42.5 Å². The van der Waals surface area contributed by atoms with Crippen molar-refractivity contribution in [2.24, 2.45) is 5.73 Å². The Morgan fingerprint density at radius 1 is 1.17 bits per heavy atom. The van der Waals surface area contributed by atoms with Gasteiger partial charge in [-0.15, -0.1) is 0 Å². The van der Waals surface area contributed by atoms with Crippen LogP contribution in [-0.4, -0.2) is 27.1 Å². The van der Waals surface area contributed by atoms with Crippen molar-refractivity contribution in [2.45, 2.75) is 0 Å². The largest absolute Gasteiger partial charge is 0.375 e. The molecule has 23 heavy (non-hydrogen) atoms. The molecule has 7 heteroatoms. The van der Waals surface area contributed by atoms with Gasteiger partial charge in [0.2, 0.25) is 5.95 Å². The highest BCUT2D eigenvalue weighted by molar-refractivity contribution is 7.80. The van der Waals surface area contributed by atoms with Crippen LogP contribution >= 0.6 is 23.8 Å². The molecule has 0 radical (unpaired) electrons. The lowest BCUT2D eigenvalue weighted by Gasteiger charge is -2.18. The van der Waals surface area contributed by atoms with Gasteiger partial charge in [-0.1, -0.05) is 41.9 Å². The van der Waals surface area contributed by atoms with Gasteiger partial charge in [0.05, 0.1) is 11.2 Å². The van der Waals surface area contributed by atoms with Crippen LogP contribution in [-0.2, 0) is 0 Å². The molecule has 0 fully saturated rings. The van der Waals surface area contributed by atoms with Crippen LogP contribution < -0.4 is 11.2 Å². The van der Waals surface area contributed by atoms with Crippen LogP contribution in [0.2, 0.25) is 5.02 Å². The smallest absolute Gasteiger partial charge is 0.243 e. The molecular formula is C16H14ClN5S. The standard InChI is InChI=1S/C16H14ClN5S/c1-22(15(18)23)21-16-19-13-8-7-11(17)9-12(13)14(20-16)10-5-3-2-4-6-10/h2-9H,1H3,(H2,18,23)(H,19,20,21). The first-order chi connectivity index (χ1) is 11.0. The van der Waals surface area contributed by atoms with E-state index >= 15 is 0 Å². The van der Waals surface area contributed by atoms with E-state index in [2.05, 4.69) is 15.4 Å². The zero-order valence-corrected chi connectivity index (χ0v) is 13.9. The minimum atomic E-state index is 0.200. The lowest BCUT2D eigenvalue weighted by atomic mass is 10.1. The molecule has 116 valence electrons. The van der Waals surface area contributed by atoms with Crippen molar-refractivity contribution in [3.8, 4) is 11.3 Å². The van der Waals surface area contributed by atoms with Crippen molar-refractivity contribution in [3.63, 3.8) is 0 Å². The molecule has 0 aliphatic carbocycles. The predicted octanol–water partition coefficient (Wildman–Crippen LogP) is 3.45. The zero-order valence-electron chi connectivity index (χ0n) is 12.3. The van der Waals surface area contributed by atoms with Gasteiger partial charge in [0.1, 0.15) is 0 Å². The van der Waals surface area contributed by atoms with Crippen LogP contribution in [0.25, 0.3) is 22.2 Å².